The molecule has 2 heterocycles. The van der Waals surface area contributed by atoms with Crippen molar-refractivity contribution in [3.8, 4) is 11.6 Å². The summed E-state index contributed by atoms with van der Waals surface area (Å²) in [6.07, 6.45) is 1.06. The largest absolute Gasteiger partial charge is 0.471 e. The molecule has 3 aromatic rings. The molecule has 9 nitrogen and oxygen atoms in total. The first kappa shape index (κ1) is 26.4. The smallest absolute Gasteiger partial charge is 0.280 e. The molecule has 1 aliphatic heterocycles. The van der Waals surface area contributed by atoms with Crippen molar-refractivity contribution in [1.82, 2.24) is 14.6 Å². The number of aromatic nitrogens is 2. The van der Waals surface area contributed by atoms with E-state index in [4.69, 9.17) is 26.3 Å². The molecule has 4 rings (SSSR count). The van der Waals surface area contributed by atoms with E-state index in [-0.39, 0.29) is 66.5 Å². The number of β-amino-alcohol motifs (C(OH)–C–C–N with tert-alkyl or cyclic N) is 1. The Morgan fingerprint density at radius 2 is 2.03 bits per heavy atom. The van der Waals surface area contributed by atoms with Gasteiger partial charge < -0.3 is 9.84 Å². The third kappa shape index (κ3) is 5.68. The summed E-state index contributed by atoms with van der Waals surface area (Å²) in [5.74, 6) is -3.16. The first-order valence-electron chi connectivity index (χ1n) is 11.2. The molecule has 0 bridgehead atoms. The van der Waals surface area contributed by atoms with Gasteiger partial charge in [-0.05, 0) is 30.7 Å². The molecule has 12 heteroatoms. The molecule has 0 radical (unpaired) electrons. The quantitative estimate of drug-likeness (QED) is 0.421. The van der Waals surface area contributed by atoms with E-state index in [9.17, 15) is 23.2 Å². The lowest BCUT2D eigenvalue weighted by Crippen LogP contribution is -2.29. The molecule has 0 spiro atoms. The highest BCUT2D eigenvalue weighted by Crippen LogP contribution is 2.24. The second-order valence-electron chi connectivity index (χ2n) is 8.35. The minimum atomic E-state index is -0.812. The third-order valence-electron chi connectivity index (χ3n) is 5.82. The van der Waals surface area contributed by atoms with Crippen molar-refractivity contribution in [1.29, 1.82) is 0 Å². The predicted octanol–water partition coefficient (Wildman–Crippen LogP) is 3.01. The number of aryl methyl sites for hydroxylation is 1. The van der Waals surface area contributed by atoms with Crippen LogP contribution >= 0.6 is 11.6 Å². The zero-order valence-electron chi connectivity index (χ0n) is 19.6. The van der Waals surface area contributed by atoms with Crippen molar-refractivity contribution in [3.05, 3.63) is 86.4 Å². The van der Waals surface area contributed by atoms with Gasteiger partial charge in [0.05, 0.1) is 31.4 Å². The molecule has 0 saturated carbocycles. The van der Waals surface area contributed by atoms with Crippen molar-refractivity contribution >= 4 is 23.3 Å². The summed E-state index contributed by atoms with van der Waals surface area (Å²) in [5.41, 5.74) is 0.628. The van der Waals surface area contributed by atoms with Crippen LogP contribution in [-0.4, -0.2) is 51.2 Å². The topological polar surface area (TPSA) is 111 Å². The number of ketones is 1. The van der Waals surface area contributed by atoms with Crippen LogP contribution in [0.2, 0.25) is 5.02 Å². The van der Waals surface area contributed by atoms with E-state index >= 15 is 0 Å². The van der Waals surface area contributed by atoms with Gasteiger partial charge in [-0.2, -0.15) is 0 Å². The number of amides is 1. The third-order valence-corrected chi connectivity index (χ3v) is 6.14. The van der Waals surface area contributed by atoms with Gasteiger partial charge in [0.15, 0.2) is 10.8 Å². The molecular weight excluding hydrogens is 512 g/mol. The fraction of sp³-hybridized carbons (Fsp3) is 0.280. The predicted molar refractivity (Wildman–Crippen MR) is 127 cm³/mol. The fourth-order valence-electron chi connectivity index (χ4n) is 3.79. The van der Waals surface area contributed by atoms with Crippen molar-refractivity contribution in [3.63, 3.8) is 0 Å². The molecule has 194 valence electrons. The van der Waals surface area contributed by atoms with Gasteiger partial charge in [0.1, 0.15) is 24.6 Å². The molecule has 1 fully saturated rings. The minimum Gasteiger partial charge on any atom is -0.471 e. The summed E-state index contributed by atoms with van der Waals surface area (Å²) in [6, 6.07) is 7.73. The highest BCUT2D eigenvalue weighted by molar-refractivity contribution is 6.31. The van der Waals surface area contributed by atoms with E-state index in [0.717, 1.165) is 15.7 Å². The van der Waals surface area contributed by atoms with Gasteiger partial charge in [-0.15, -0.1) is 0 Å². The number of rotatable bonds is 9. The van der Waals surface area contributed by atoms with Crippen LogP contribution in [0.4, 0.5) is 8.78 Å². The van der Waals surface area contributed by atoms with Crippen molar-refractivity contribution in [2.24, 2.45) is 5.92 Å². The Labute approximate surface area is 214 Å². The molecule has 0 aliphatic carbocycles. The Morgan fingerprint density at radius 3 is 2.76 bits per heavy atom. The van der Waals surface area contributed by atoms with E-state index < -0.39 is 23.1 Å². The number of hydrogen-bond donors (Lipinski definition) is 1. The zero-order valence-corrected chi connectivity index (χ0v) is 20.4. The summed E-state index contributed by atoms with van der Waals surface area (Å²) >= 11 is 6.19. The average Bonchev–Trinajstić information content (AvgIpc) is 3.20. The molecule has 0 unspecified atom stereocenters. The van der Waals surface area contributed by atoms with Gasteiger partial charge in [0.25, 0.3) is 11.5 Å². The minimum absolute atomic E-state index is 0.0213. The first-order chi connectivity index (χ1) is 17.7. The lowest BCUT2D eigenvalue weighted by Gasteiger charge is -2.14. The number of nitrogens with zero attached hydrogens (tertiary/aromatic N) is 3. The van der Waals surface area contributed by atoms with E-state index in [1.807, 2.05) is 0 Å². The number of aliphatic hydroxyl groups excluding tert-OH is 1. The molecule has 1 amide bonds. The number of halogens is 3. The molecular formula is C25H22ClF2N3O6. The molecule has 2 aromatic carbocycles. The number of hydroxylamine groups is 2. The summed E-state index contributed by atoms with van der Waals surface area (Å²) < 4.78 is 33.5. The maximum atomic E-state index is 13.9. The first-order valence-corrected chi connectivity index (χ1v) is 11.6. The van der Waals surface area contributed by atoms with Crippen LogP contribution in [-0.2, 0) is 16.2 Å². The lowest BCUT2D eigenvalue weighted by molar-refractivity contribution is -0.163. The van der Waals surface area contributed by atoms with Crippen LogP contribution in [0, 0.1) is 24.5 Å². The lowest BCUT2D eigenvalue weighted by atomic mass is 9.97. The Bertz CT molecular complexity index is 1410. The number of Topliss-reactive ketones (excluding diaryl/α,β-unsaturated/α-hetero) is 1. The Kier molecular flexibility index (Phi) is 7.96. The molecule has 1 atom stereocenters. The van der Waals surface area contributed by atoms with E-state index in [2.05, 4.69) is 4.98 Å². The van der Waals surface area contributed by atoms with Crippen LogP contribution < -0.4 is 10.3 Å². The number of carbonyl (C=O) groups excluding carboxylic acids is 2. The number of hydrogen-bond acceptors (Lipinski definition) is 7. The van der Waals surface area contributed by atoms with Gasteiger partial charge in [-0.1, -0.05) is 23.7 Å². The molecule has 1 aliphatic rings. The van der Waals surface area contributed by atoms with Crippen molar-refractivity contribution in [2.75, 3.05) is 19.8 Å². The van der Waals surface area contributed by atoms with E-state index in [1.54, 1.807) is 19.1 Å². The van der Waals surface area contributed by atoms with Crippen LogP contribution in [0.3, 0.4) is 0 Å². The van der Waals surface area contributed by atoms with Crippen LogP contribution in [0.5, 0.6) is 5.88 Å². The van der Waals surface area contributed by atoms with Crippen LogP contribution in [0.1, 0.15) is 27.9 Å². The van der Waals surface area contributed by atoms with E-state index in [1.165, 1.54) is 18.5 Å². The van der Waals surface area contributed by atoms with Gasteiger partial charge in [0, 0.05) is 23.6 Å². The number of aliphatic hydroxyl groups is 1. The van der Waals surface area contributed by atoms with Gasteiger partial charge in [-0.3, -0.25) is 23.8 Å². The van der Waals surface area contributed by atoms with Gasteiger partial charge in [-0.25, -0.2) is 18.8 Å². The van der Waals surface area contributed by atoms with Gasteiger partial charge in [0.2, 0.25) is 5.88 Å². The summed E-state index contributed by atoms with van der Waals surface area (Å²) in [7, 11) is 0. The normalized spacial score (nSPS) is 15.3. The number of ether oxygens (including phenoxy) is 1. The zero-order chi connectivity index (χ0) is 26.7. The fourth-order valence-corrected chi connectivity index (χ4v) is 3.98. The number of carbonyl (C=O) groups is 2. The maximum Gasteiger partial charge on any atom is 0.280 e. The highest BCUT2D eigenvalue weighted by Gasteiger charge is 2.34. The maximum absolute atomic E-state index is 13.9. The van der Waals surface area contributed by atoms with Crippen molar-refractivity contribution in [2.45, 2.75) is 20.0 Å². The summed E-state index contributed by atoms with van der Waals surface area (Å²) in [5, 5.41) is 9.68. The number of benzene rings is 2. The van der Waals surface area contributed by atoms with Crippen LogP contribution in [0.25, 0.3) is 5.69 Å². The van der Waals surface area contributed by atoms with Crippen molar-refractivity contribution < 1.29 is 33.1 Å². The Balaban J connectivity index is 1.53. The average molecular weight is 534 g/mol. The molecule has 1 N–H and O–H groups in total. The summed E-state index contributed by atoms with van der Waals surface area (Å²) in [4.78, 5) is 47.5. The second-order valence-corrected chi connectivity index (χ2v) is 8.73. The summed E-state index contributed by atoms with van der Waals surface area (Å²) in [6.45, 7) is 1.20. The molecule has 1 saturated heterocycles. The monoisotopic (exact) mass is 533 g/mol. The molecule has 37 heavy (non-hydrogen) atoms. The molecule has 1 aromatic heterocycles. The Morgan fingerprint density at radius 1 is 1.24 bits per heavy atom. The second kappa shape index (κ2) is 11.2. The SMILES string of the molecule is Cc1ccc(C(=O)C[C@@H]2CON(CCO)C2=O)cc1-n1cnc(OCc2ccc(F)cc2F)c(Cl)c1=O. The standard InChI is InChI=1S/C25H22ClF2N3O6/c1-14-2-3-15(21(33)9-17-12-37-31(6-7-32)24(17)34)8-20(14)30-13-29-23(22(26)25(30)35)36-11-16-4-5-18(27)10-19(16)28/h2-5,8,10,13,17,32H,6-7,9,11-12H2,1H3/t17-/m1/s1. The van der Waals surface area contributed by atoms with Gasteiger partial charge >= 0.3 is 0 Å². The highest BCUT2D eigenvalue weighted by atomic mass is 35.5. The van der Waals surface area contributed by atoms with E-state index in [0.29, 0.717) is 17.3 Å². The van der Waals surface area contributed by atoms with Crippen LogP contribution in [0.15, 0.2) is 47.5 Å². The Hall–Kier alpha value is -3.67.